The van der Waals surface area contributed by atoms with Crippen LogP contribution in [0.25, 0.3) is 0 Å². The summed E-state index contributed by atoms with van der Waals surface area (Å²) in [6.07, 6.45) is -1.76. The maximum atomic E-state index is 12.9. The molecule has 0 aromatic rings. The molecule has 1 rings (SSSR count). The van der Waals surface area contributed by atoms with Crippen LogP contribution in [0.3, 0.4) is 0 Å². The number of rotatable bonds is 2. The lowest BCUT2D eigenvalue weighted by molar-refractivity contribution is 0.103. The lowest BCUT2D eigenvalue weighted by Gasteiger charge is -2.11. The smallest absolute Gasteiger partial charge is 0.193 e. The minimum Gasteiger partial charge on any atom is -0.193 e. The molecule has 0 bridgehead atoms. The van der Waals surface area contributed by atoms with Gasteiger partial charge in [-0.15, -0.1) is 8.78 Å². The Hall–Kier alpha value is -0.260. The molecule has 1 saturated heterocycles. The third-order valence-electron chi connectivity index (χ3n) is 1.82. The zero-order chi connectivity index (χ0) is 10.1. The van der Waals surface area contributed by atoms with Gasteiger partial charge < -0.3 is 0 Å². The molecule has 0 N–H and O–H groups in total. The van der Waals surface area contributed by atoms with Gasteiger partial charge in [-0.2, -0.15) is 13.2 Å². The van der Waals surface area contributed by atoms with Gasteiger partial charge in [-0.1, -0.05) is 0 Å². The first-order valence-corrected chi connectivity index (χ1v) is 5.29. The lowest BCUT2D eigenvalue weighted by atomic mass is 10.4. The molecule has 0 atom stereocenters. The van der Waals surface area contributed by atoms with Crippen LogP contribution >= 0.6 is 0 Å². The molecule has 0 unspecified atom stereocenters. The average Bonchev–Trinajstić information content (AvgIpc) is 2.54. The summed E-state index contributed by atoms with van der Waals surface area (Å²) in [5.41, 5.74) is 0. The van der Waals surface area contributed by atoms with Crippen molar-refractivity contribution >= 4 is 10.9 Å². The number of hydrogen-bond donors (Lipinski definition) is 0. The molecule has 0 aromatic heterocycles. The zero-order valence-corrected chi connectivity index (χ0v) is 7.44. The normalized spacial score (nSPS) is 19.2. The first-order valence-electron chi connectivity index (χ1n) is 3.73. The first-order chi connectivity index (χ1) is 5.96. The van der Waals surface area contributed by atoms with Gasteiger partial charge in [0.2, 0.25) is 0 Å². The van der Waals surface area contributed by atoms with Crippen LogP contribution in [0.2, 0.25) is 0 Å². The highest BCUT2D eigenvalue weighted by molar-refractivity contribution is 7.98. The van der Waals surface area contributed by atoms with E-state index in [-0.39, 0.29) is 11.5 Å². The van der Waals surface area contributed by atoms with Gasteiger partial charge in [0, 0.05) is 0 Å². The summed E-state index contributed by atoms with van der Waals surface area (Å²) in [6.45, 7) is 0. The summed E-state index contributed by atoms with van der Waals surface area (Å²) >= 11 is 0. The summed E-state index contributed by atoms with van der Waals surface area (Å²) in [5.74, 6) is -2.25. The Morgan fingerprint density at radius 1 is 1.00 bits per heavy atom. The van der Waals surface area contributed by atoms with E-state index in [0.717, 1.165) is 0 Å². The van der Waals surface area contributed by atoms with Gasteiger partial charge in [-0.05, 0) is 12.8 Å². The van der Waals surface area contributed by atoms with E-state index >= 15 is 0 Å². The molecule has 1 aliphatic rings. The van der Waals surface area contributed by atoms with E-state index in [1.165, 1.54) is 0 Å². The molecule has 0 nitrogen and oxygen atoms in total. The Labute approximate surface area is 75.2 Å². The topological polar surface area (TPSA) is 0 Å². The van der Waals surface area contributed by atoms with Crippen molar-refractivity contribution in [1.82, 2.24) is 0 Å². The monoisotopic (exact) mass is 219 g/mol. The fraction of sp³-hybridized carbons (Fsp3) is 0.714. The summed E-state index contributed by atoms with van der Waals surface area (Å²) in [7, 11) is -1.53. The summed E-state index contributed by atoms with van der Waals surface area (Å²) < 4.78 is 61.3. The van der Waals surface area contributed by atoms with Crippen LogP contribution in [0.15, 0.2) is 11.9 Å². The third-order valence-corrected chi connectivity index (χ3v) is 4.28. The van der Waals surface area contributed by atoms with Gasteiger partial charge in [0.05, 0.1) is 10.9 Å². The van der Waals surface area contributed by atoms with E-state index in [0.29, 0.717) is 12.8 Å². The maximum absolute atomic E-state index is 12.9. The largest absolute Gasteiger partial charge is 0.468 e. The Kier molecular flexibility index (Phi) is 3.21. The van der Waals surface area contributed by atoms with Gasteiger partial charge in [0.15, 0.2) is 0 Å². The average molecular weight is 219 g/mol. The van der Waals surface area contributed by atoms with Gasteiger partial charge >= 0.3 is 11.3 Å². The zero-order valence-electron chi connectivity index (χ0n) is 6.63. The summed E-state index contributed by atoms with van der Waals surface area (Å²) in [5, 5.41) is -3.95. The van der Waals surface area contributed by atoms with E-state index in [4.69, 9.17) is 0 Å². The Morgan fingerprint density at radius 2 is 1.46 bits per heavy atom. The van der Waals surface area contributed by atoms with Crippen molar-refractivity contribution in [1.29, 1.82) is 0 Å². The van der Waals surface area contributed by atoms with E-state index in [9.17, 15) is 22.0 Å². The van der Waals surface area contributed by atoms with Gasteiger partial charge in [-0.3, -0.25) is 0 Å². The van der Waals surface area contributed by atoms with Crippen LogP contribution < -0.4 is 0 Å². The predicted molar refractivity (Wildman–Crippen MR) is 41.6 cm³/mol. The van der Waals surface area contributed by atoms with Crippen molar-refractivity contribution < 1.29 is 22.0 Å². The highest BCUT2D eigenvalue weighted by Crippen LogP contribution is 2.39. The van der Waals surface area contributed by atoms with Crippen LogP contribution in [-0.4, -0.2) is 16.8 Å². The van der Waals surface area contributed by atoms with Crippen LogP contribution in [-0.2, 0) is 10.9 Å². The van der Waals surface area contributed by atoms with Crippen molar-refractivity contribution in [3.8, 4) is 0 Å². The quantitative estimate of drug-likeness (QED) is 0.494. The Morgan fingerprint density at radius 3 is 1.85 bits per heavy atom. The SMILES string of the molecule is FC(F)=C(F)C(F)(F)[S+]1CCCC1. The van der Waals surface area contributed by atoms with E-state index < -0.39 is 28.1 Å². The van der Waals surface area contributed by atoms with Crippen molar-refractivity contribution in [3.05, 3.63) is 11.9 Å². The van der Waals surface area contributed by atoms with Crippen LogP contribution in [0.1, 0.15) is 12.8 Å². The summed E-state index contributed by atoms with van der Waals surface area (Å²) in [6, 6.07) is 0. The standard InChI is InChI=1S/C7H8F5S/c8-5(6(9)10)7(11,12)13-3-1-2-4-13/h1-4H2/q+1. The molecule has 0 amide bonds. The third kappa shape index (κ3) is 2.15. The Balaban J connectivity index is 2.80. The molecule has 0 aromatic carbocycles. The van der Waals surface area contributed by atoms with Crippen molar-refractivity contribution in [2.45, 2.75) is 18.1 Å². The minimum absolute atomic E-state index is 0.147. The van der Waals surface area contributed by atoms with Crippen molar-refractivity contribution in [3.63, 3.8) is 0 Å². The molecule has 0 spiro atoms. The molecule has 1 aliphatic heterocycles. The second-order valence-electron chi connectivity index (χ2n) is 2.70. The first kappa shape index (κ1) is 10.8. The van der Waals surface area contributed by atoms with Crippen molar-refractivity contribution in [2.24, 2.45) is 0 Å². The fourth-order valence-electron chi connectivity index (χ4n) is 1.15. The van der Waals surface area contributed by atoms with Crippen LogP contribution in [0.5, 0.6) is 0 Å². The van der Waals surface area contributed by atoms with Crippen LogP contribution in [0.4, 0.5) is 22.0 Å². The van der Waals surface area contributed by atoms with Crippen molar-refractivity contribution in [2.75, 3.05) is 11.5 Å². The number of alkyl halides is 2. The predicted octanol–water partition coefficient (Wildman–Crippen LogP) is 3.07. The molecule has 0 radical (unpaired) electrons. The molecule has 6 heteroatoms. The molecule has 76 valence electrons. The van der Waals surface area contributed by atoms with Crippen LogP contribution in [0, 0.1) is 0 Å². The van der Waals surface area contributed by atoms with E-state index in [2.05, 4.69) is 0 Å². The fourth-order valence-corrected chi connectivity index (χ4v) is 3.30. The van der Waals surface area contributed by atoms with E-state index in [1.54, 1.807) is 0 Å². The second kappa shape index (κ2) is 3.86. The summed E-state index contributed by atoms with van der Waals surface area (Å²) in [4.78, 5) is 0. The molecular formula is C7H8F5S+. The van der Waals surface area contributed by atoms with Gasteiger partial charge in [0.1, 0.15) is 11.5 Å². The highest BCUT2D eigenvalue weighted by atomic mass is 32.2. The second-order valence-corrected chi connectivity index (χ2v) is 5.01. The molecule has 1 fully saturated rings. The maximum Gasteiger partial charge on any atom is 0.468 e. The van der Waals surface area contributed by atoms with Gasteiger partial charge in [0.25, 0.3) is 5.83 Å². The number of halogens is 5. The van der Waals surface area contributed by atoms with E-state index in [1.807, 2.05) is 0 Å². The molecule has 13 heavy (non-hydrogen) atoms. The molecule has 1 heterocycles. The molecule has 0 aliphatic carbocycles. The molecular weight excluding hydrogens is 211 g/mol. The number of hydrogen-bond acceptors (Lipinski definition) is 0. The highest BCUT2D eigenvalue weighted by Gasteiger charge is 2.57. The lowest BCUT2D eigenvalue weighted by Crippen LogP contribution is -2.31. The Bertz CT molecular complexity index is 215. The van der Waals surface area contributed by atoms with Gasteiger partial charge in [-0.25, -0.2) is 0 Å². The minimum atomic E-state index is -3.95. The molecule has 0 saturated carbocycles.